The largest absolute Gasteiger partial charge is 0.374 e. The van der Waals surface area contributed by atoms with Crippen molar-refractivity contribution in [3.8, 4) is 6.07 Å². The Morgan fingerprint density at radius 1 is 1.25 bits per heavy atom. The highest BCUT2D eigenvalue weighted by Gasteiger charge is 2.13. The molecule has 0 amide bonds. The average Bonchev–Trinajstić information content (AvgIpc) is 2.65. The lowest BCUT2D eigenvalue weighted by Crippen LogP contribution is -2.09. The molecule has 2 rings (SSSR count). The van der Waals surface area contributed by atoms with Crippen LogP contribution < -0.4 is 5.32 Å². The standard InChI is InChI=1S/C18H16N3O.C2H6/c1-3-16(14-7-5-4-6-8-14)20-17-9-10-18(21-22)15(11-12-19)13(17)2;1-2/h1,3-10,16,20H,11H2,2H3;1-2H3. The molecule has 1 radical (unpaired) electrons. The lowest BCUT2D eigenvalue weighted by molar-refractivity contribution is 0.979. The molecule has 4 heteroatoms. The van der Waals surface area contributed by atoms with Crippen molar-refractivity contribution in [2.24, 2.45) is 5.18 Å². The molecule has 1 N–H and O–H groups in total. The highest BCUT2D eigenvalue weighted by atomic mass is 16.3. The Bertz CT molecular complexity index is 718. The van der Waals surface area contributed by atoms with Crippen LogP contribution in [0.5, 0.6) is 0 Å². The maximum atomic E-state index is 10.9. The minimum atomic E-state index is -0.162. The van der Waals surface area contributed by atoms with Gasteiger partial charge in [-0.1, -0.05) is 56.8 Å². The van der Waals surface area contributed by atoms with Crippen LogP contribution in [0.3, 0.4) is 0 Å². The Balaban J connectivity index is 0.00000139. The second kappa shape index (κ2) is 9.96. The molecule has 0 bridgehead atoms. The van der Waals surface area contributed by atoms with Crippen molar-refractivity contribution in [2.45, 2.75) is 33.2 Å². The summed E-state index contributed by atoms with van der Waals surface area (Å²) in [7, 11) is 0. The van der Waals surface area contributed by atoms with Crippen molar-refractivity contribution < 1.29 is 0 Å². The number of nitrogens with zero attached hydrogens (tertiary/aromatic N) is 2. The number of nitrogens with one attached hydrogen (secondary N) is 1. The first-order chi connectivity index (χ1) is 11.7. The van der Waals surface area contributed by atoms with Gasteiger partial charge in [0.05, 0.1) is 18.5 Å². The third-order valence-corrected chi connectivity index (χ3v) is 3.59. The molecule has 1 unspecified atom stereocenters. The van der Waals surface area contributed by atoms with E-state index in [4.69, 9.17) is 11.8 Å². The molecule has 0 saturated carbocycles. The van der Waals surface area contributed by atoms with E-state index in [0.29, 0.717) is 11.3 Å². The topological polar surface area (TPSA) is 65.2 Å². The summed E-state index contributed by atoms with van der Waals surface area (Å²) in [6.07, 6.45) is 1.72. The monoisotopic (exact) mass is 320 g/mol. The quantitative estimate of drug-likeness (QED) is 0.702. The number of benzene rings is 2. The van der Waals surface area contributed by atoms with Gasteiger partial charge in [0.15, 0.2) is 0 Å². The lowest BCUT2D eigenvalue weighted by atomic mass is 10.0. The fourth-order valence-corrected chi connectivity index (χ4v) is 2.36. The highest BCUT2D eigenvalue weighted by molar-refractivity contribution is 5.64. The summed E-state index contributed by atoms with van der Waals surface area (Å²) in [6.45, 7) is 11.6. The predicted octanol–water partition coefficient (Wildman–Crippen LogP) is 5.63. The predicted molar refractivity (Wildman–Crippen MR) is 99.0 cm³/mol. The lowest BCUT2D eigenvalue weighted by Gasteiger charge is -2.19. The van der Waals surface area contributed by atoms with Crippen LogP contribution >= 0.6 is 0 Å². The molecule has 123 valence electrons. The number of nitroso groups, excluding NO2 is 1. The zero-order valence-corrected chi connectivity index (χ0v) is 14.3. The highest BCUT2D eigenvalue weighted by Crippen LogP contribution is 2.31. The number of rotatable bonds is 6. The summed E-state index contributed by atoms with van der Waals surface area (Å²) in [4.78, 5) is 10.9. The van der Waals surface area contributed by atoms with Gasteiger partial charge < -0.3 is 5.32 Å². The van der Waals surface area contributed by atoms with Crippen LogP contribution in [0.25, 0.3) is 0 Å². The third-order valence-electron chi connectivity index (χ3n) is 3.59. The summed E-state index contributed by atoms with van der Waals surface area (Å²) >= 11 is 0. The van der Waals surface area contributed by atoms with Crippen molar-refractivity contribution in [1.82, 2.24) is 0 Å². The van der Waals surface area contributed by atoms with E-state index in [1.807, 2.05) is 51.1 Å². The molecule has 2 aromatic carbocycles. The van der Waals surface area contributed by atoms with Gasteiger partial charge in [0.2, 0.25) is 0 Å². The van der Waals surface area contributed by atoms with Gasteiger partial charge in [0, 0.05) is 11.3 Å². The van der Waals surface area contributed by atoms with E-state index < -0.39 is 0 Å². The van der Waals surface area contributed by atoms with Crippen LogP contribution in [0.4, 0.5) is 11.4 Å². The minimum Gasteiger partial charge on any atom is -0.374 e. The van der Waals surface area contributed by atoms with Gasteiger partial charge in [0.1, 0.15) is 5.69 Å². The first-order valence-electron chi connectivity index (χ1n) is 7.90. The molecule has 0 aliphatic heterocycles. The summed E-state index contributed by atoms with van der Waals surface area (Å²) in [6, 6.07) is 15.1. The zero-order valence-electron chi connectivity index (χ0n) is 14.3. The first-order valence-corrected chi connectivity index (χ1v) is 7.90. The van der Waals surface area contributed by atoms with Gasteiger partial charge in [-0.05, 0) is 35.4 Å². The average molecular weight is 320 g/mol. The fourth-order valence-electron chi connectivity index (χ4n) is 2.36. The van der Waals surface area contributed by atoms with Gasteiger partial charge >= 0.3 is 0 Å². The molecule has 1 atom stereocenters. The van der Waals surface area contributed by atoms with Gasteiger partial charge in [-0.25, -0.2) is 0 Å². The molecule has 24 heavy (non-hydrogen) atoms. The van der Waals surface area contributed by atoms with E-state index in [1.54, 1.807) is 18.2 Å². The number of anilines is 1. The molecule has 4 nitrogen and oxygen atoms in total. The zero-order chi connectivity index (χ0) is 17.9. The van der Waals surface area contributed by atoms with E-state index in [0.717, 1.165) is 16.8 Å². The second-order valence-corrected chi connectivity index (χ2v) is 4.89. The molecular weight excluding hydrogens is 298 g/mol. The summed E-state index contributed by atoms with van der Waals surface area (Å²) in [5, 5.41) is 15.2. The maximum absolute atomic E-state index is 10.9. The minimum absolute atomic E-state index is 0.144. The molecule has 0 fully saturated rings. The fraction of sp³-hybridized carbons (Fsp3) is 0.250. The van der Waals surface area contributed by atoms with Crippen LogP contribution in [0.15, 0.2) is 53.7 Å². The van der Waals surface area contributed by atoms with E-state index in [9.17, 15) is 4.91 Å². The normalized spacial score (nSPS) is 10.6. The van der Waals surface area contributed by atoms with Gasteiger partial charge in [-0.3, -0.25) is 0 Å². The molecule has 0 aliphatic rings. The molecule has 0 heterocycles. The Morgan fingerprint density at radius 2 is 1.92 bits per heavy atom. The number of hydrogen-bond donors (Lipinski definition) is 1. The second-order valence-electron chi connectivity index (χ2n) is 4.89. The summed E-state index contributed by atoms with van der Waals surface area (Å²) in [5.41, 5.74) is 3.64. The van der Waals surface area contributed by atoms with Crippen molar-refractivity contribution in [2.75, 3.05) is 5.32 Å². The number of nitriles is 1. The Kier molecular flexibility index (Phi) is 7.93. The van der Waals surface area contributed by atoms with Crippen LogP contribution in [0.1, 0.15) is 36.6 Å². The summed E-state index contributed by atoms with van der Waals surface area (Å²) < 4.78 is 0. The van der Waals surface area contributed by atoms with Gasteiger partial charge in [-0.15, -0.1) is 4.91 Å². The van der Waals surface area contributed by atoms with E-state index >= 15 is 0 Å². The Morgan fingerprint density at radius 3 is 2.46 bits per heavy atom. The van der Waals surface area contributed by atoms with Crippen LogP contribution in [0, 0.1) is 29.7 Å². The van der Waals surface area contributed by atoms with E-state index in [2.05, 4.69) is 16.6 Å². The van der Waals surface area contributed by atoms with Crippen LogP contribution in [0.2, 0.25) is 0 Å². The van der Waals surface area contributed by atoms with Gasteiger partial charge in [-0.2, -0.15) is 5.26 Å². The third kappa shape index (κ3) is 4.53. The summed E-state index contributed by atoms with van der Waals surface area (Å²) in [5.74, 6) is 0. The molecule has 0 spiro atoms. The maximum Gasteiger partial charge on any atom is 0.112 e. The number of hydrogen-bond acceptors (Lipinski definition) is 4. The smallest absolute Gasteiger partial charge is 0.112 e. The Labute approximate surface area is 143 Å². The Hall–Kier alpha value is -2.93. The molecule has 0 aliphatic carbocycles. The van der Waals surface area contributed by atoms with E-state index in [-0.39, 0.29) is 12.5 Å². The van der Waals surface area contributed by atoms with Crippen LogP contribution in [-0.4, -0.2) is 0 Å². The van der Waals surface area contributed by atoms with Crippen molar-refractivity contribution in [3.05, 3.63) is 76.7 Å². The molecular formula is C20H22N3O. The van der Waals surface area contributed by atoms with Crippen molar-refractivity contribution in [3.63, 3.8) is 0 Å². The first kappa shape index (κ1) is 19.1. The molecule has 0 saturated heterocycles. The van der Waals surface area contributed by atoms with Crippen molar-refractivity contribution in [1.29, 1.82) is 5.26 Å². The SMILES string of the molecule is CC.[CH]=CC(Nc1ccc(N=O)c(CC#N)c1C)c1ccccc1. The van der Waals surface area contributed by atoms with Crippen molar-refractivity contribution >= 4 is 11.4 Å². The van der Waals surface area contributed by atoms with E-state index in [1.165, 1.54) is 0 Å². The van der Waals surface area contributed by atoms with Gasteiger partial charge in [0.25, 0.3) is 0 Å². The molecule has 2 aromatic rings. The van der Waals surface area contributed by atoms with Crippen LogP contribution in [-0.2, 0) is 6.42 Å². The molecule has 0 aromatic heterocycles.